The predicted molar refractivity (Wildman–Crippen MR) is 135 cm³/mol. The Bertz CT molecular complexity index is 1340. The Balaban J connectivity index is 1.38. The smallest absolute Gasteiger partial charge is 0.241 e. The van der Waals surface area contributed by atoms with E-state index in [0.29, 0.717) is 25.0 Å². The van der Waals surface area contributed by atoms with Crippen LogP contribution in [-0.4, -0.2) is 33.0 Å². The number of aromatic nitrogens is 1. The fourth-order valence-electron chi connectivity index (χ4n) is 3.71. The highest BCUT2D eigenvalue weighted by Crippen LogP contribution is 2.23. The highest BCUT2D eigenvalue weighted by molar-refractivity contribution is 7.89. The van der Waals surface area contributed by atoms with Crippen molar-refractivity contribution in [2.75, 3.05) is 19.6 Å². The molecule has 168 valence electrons. The third-order valence-corrected chi connectivity index (χ3v) is 6.94. The Hall–Kier alpha value is -3.32. The van der Waals surface area contributed by atoms with E-state index in [1.165, 1.54) is 5.56 Å². The minimum Gasteiger partial charge on any atom is -0.312 e. The first-order valence-corrected chi connectivity index (χ1v) is 12.4. The first-order chi connectivity index (χ1) is 16.0. The summed E-state index contributed by atoms with van der Waals surface area (Å²) in [7, 11) is -3.61. The molecule has 1 heterocycles. The van der Waals surface area contributed by atoms with Crippen molar-refractivity contribution in [2.45, 2.75) is 11.8 Å². The first-order valence-electron chi connectivity index (χ1n) is 10.9. The third kappa shape index (κ3) is 5.73. The van der Waals surface area contributed by atoms with Crippen molar-refractivity contribution in [2.24, 2.45) is 0 Å². The van der Waals surface area contributed by atoms with Crippen LogP contribution in [0.1, 0.15) is 16.7 Å². The quantitative estimate of drug-likeness (QED) is 0.362. The average Bonchev–Trinajstić information content (AvgIpc) is 2.84. The molecule has 0 aliphatic rings. The molecule has 0 saturated carbocycles. The Labute approximate surface area is 195 Å². The Morgan fingerprint density at radius 2 is 1.64 bits per heavy atom. The summed E-state index contributed by atoms with van der Waals surface area (Å²) in [6.45, 7) is 3.51. The predicted octanol–water partition coefficient (Wildman–Crippen LogP) is 4.54. The van der Waals surface area contributed by atoms with Gasteiger partial charge in [0.15, 0.2) is 0 Å². The zero-order chi connectivity index (χ0) is 23.1. The van der Waals surface area contributed by atoms with E-state index < -0.39 is 10.0 Å². The number of nitrogens with zero attached hydrogens (tertiary/aromatic N) is 1. The number of hydrogen-bond acceptors (Lipinski definition) is 4. The van der Waals surface area contributed by atoms with E-state index in [1.807, 2.05) is 24.3 Å². The van der Waals surface area contributed by atoms with E-state index >= 15 is 0 Å². The van der Waals surface area contributed by atoms with Crippen molar-refractivity contribution in [3.05, 3.63) is 114 Å². The molecule has 0 aliphatic heterocycles. The first kappa shape index (κ1) is 22.9. The Morgan fingerprint density at radius 3 is 2.42 bits per heavy atom. The van der Waals surface area contributed by atoms with E-state index in [1.54, 1.807) is 30.6 Å². The summed E-state index contributed by atoms with van der Waals surface area (Å²) >= 11 is 0. The standard InChI is InChI=1S/C27H27N3O2S/c1-21-10-12-23(13-11-21)25(22-6-3-2-4-7-22)14-16-28-18-19-30-33(31,32)27-9-5-8-24-20-29-17-15-26(24)27/h2-15,17,20,28,30H,16,18-19H2,1H3/b25-14-. The maximum absolute atomic E-state index is 12.8. The van der Waals surface area contributed by atoms with Crippen LogP contribution in [0.4, 0.5) is 0 Å². The fraction of sp³-hybridized carbons (Fsp3) is 0.148. The summed E-state index contributed by atoms with van der Waals surface area (Å²) < 4.78 is 28.3. The molecule has 0 bridgehead atoms. The van der Waals surface area contributed by atoms with Gasteiger partial charge in [0.2, 0.25) is 10.0 Å². The lowest BCUT2D eigenvalue weighted by molar-refractivity contribution is 0.579. The molecular weight excluding hydrogens is 430 g/mol. The van der Waals surface area contributed by atoms with E-state index in [2.05, 4.69) is 64.4 Å². The van der Waals surface area contributed by atoms with Crippen LogP contribution in [-0.2, 0) is 10.0 Å². The van der Waals surface area contributed by atoms with Crippen molar-refractivity contribution in [3.63, 3.8) is 0 Å². The van der Waals surface area contributed by atoms with Gasteiger partial charge in [0.1, 0.15) is 0 Å². The van der Waals surface area contributed by atoms with Gasteiger partial charge in [0.05, 0.1) is 4.90 Å². The van der Waals surface area contributed by atoms with E-state index in [0.717, 1.165) is 22.1 Å². The van der Waals surface area contributed by atoms with Crippen LogP contribution in [0.3, 0.4) is 0 Å². The molecule has 0 saturated heterocycles. The highest BCUT2D eigenvalue weighted by Gasteiger charge is 2.16. The average molecular weight is 458 g/mol. The van der Waals surface area contributed by atoms with Gasteiger partial charge >= 0.3 is 0 Å². The van der Waals surface area contributed by atoms with Gasteiger partial charge in [-0.2, -0.15) is 0 Å². The summed E-state index contributed by atoms with van der Waals surface area (Å²) in [5, 5.41) is 4.78. The molecule has 0 spiro atoms. The largest absolute Gasteiger partial charge is 0.312 e. The van der Waals surface area contributed by atoms with Crippen LogP contribution in [0.25, 0.3) is 16.3 Å². The summed E-state index contributed by atoms with van der Waals surface area (Å²) in [6, 6.07) is 25.7. The number of nitrogens with one attached hydrogen (secondary N) is 2. The molecule has 0 radical (unpaired) electrons. The van der Waals surface area contributed by atoms with Crippen LogP contribution >= 0.6 is 0 Å². The zero-order valence-corrected chi connectivity index (χ0v) is 19.3. The number of benzene rings is 3. The summed E-state index contributed by atoms with van der Waals surface area (Å²) in [4.78, 5) is 4.33. The highest BCUT2D eigenvalue weighted by atomic mass is 32.2. The lowest BCUT2D eigenvalue weighted by Gasteiger charge is -2.11. The van der Waals surface area contributed by atoms with Gasteiger partial charge in [-0.1, -0.05) is 78.4 Å². The van der Waals surface area contributed by atoms with Crippen LogP contribution in [0.2, 0.25) is 0 Å². The van der Waals surface area contributed by atoms with Crippen LogP contribution in [0.5, 0.6) is 0 Å². The van der Waals surface area contributed by atoms with Crippen molar-refractivity contribution in [1.29, 1.82) is 0 Å². The molecule has 0 amide bonds. The fourth-order valence-corrected chi connectivity index (χ4v) is 4.97. The van der Waals surface area contributed by atoms with Gasteiger partial charge in [-0.15, -0.1) is 0 Å². The van der Waals surface area contributed by atoms with Gasteiger partial charge in [-0.3, -0.25) is 4.98 Å². The molecular formula is C27H27N3O2S. The molecule has 0 atom stereocenters. The van der Waals surface area contributed by atoms with E-state index in [9.17, 15) is 8.42 Å². The molecule has 0 aliphatic carbocycles. The molecule has 1 aromatic heterocycles. The zero-order valence-electron chi connectivity index (χ0n) is 18.5. The topological polar surface area (TPSA) is 71.1 Å². The summed E-state index contributed by atoms with van der Waals surface area (Å²) in [5.74, 6) is 0. The minimum absolute atomic E-state index is 0.271. The monoisotopic (exact) mass is 457 g/mol. The third-order valence-electron chi connectivity index (χ3n) is 5.42. The van der Waals surface area contributed by atoms with Crippen molar-refractivity contribution >= 4 is 26.4 Å². The molecule has 5 nitrogen and oxygen atoms in total. The second-order valence-corrected chi connectivity index (χ2v) is 9.54. The molecule has 4 rings (SSSR count). The lowest BCUT2D eigenvalue weighted by atomic mass is 9.97. The number of rotatable bonds is 9. The second kappa shape index (κ2) is 10.5. The molecule has 0 unspecified atom stereocenters. The summed E-state index contributed by atoms with van der Waals surface area (Å²) in [5.41, 5.74) is 4.67. The molecule has 4 aromatic rings. The van der Waals surface area contributed by atoms with Crippen LogP contribution in [0, 0.1) is 6.92 Å². The maximum Gasteiger partial charge on any atom is 0.241 e. The SMILES string of the molecule is Cc1ccc(/C(=C\CNCCNS(=O)(=O)c2cccc3cnccc23)c2ccccc2)cc1. The van der Waals surface area contributed by atoms with Crippen molar-refractivity contribution in [1.82, 2.24) is 15.0 Å². The van der Waals surface area contributed by atoms with E-state index in [4.69, 9.17) is 0 Å². The maximum atomic E-state index is 12.8. The molecule has 3 aromatic carbocycles. The lowest BCUT2D eigenvalue weighted by Crippen LogP contribution is -2.32. The number of aryl methyl sites for hydroxylation is 1. The Kier molecular flexibility index (Phi) is 7.29. The van der Waals surface area contributed by atoms with Crippen molar-refractivity contribution < 1.29 is 8.42 Å². The van der Waals surface area contributed by atoms with Crippen LogP contribution in [0.15, 0.2) is 102 Å². The second-order valence-electron chi connectivity index (χ2n) is 7.80. The van der Waals surface area contributed by atoms with Gasteiger partial charge in [0, 0.05) is 42.8 Å². The molecule has 0 fully saturated rings. The van der Waals surface area contributed by atoms with Crippen molar-refractivity contribution in [3.8, 4) is 0 Å². The van der Waals surface area contributed by atoms with Gasteiger partial charge in [-0.25, -0.2) is 13.1 Å². The van der Waals surface area contributed by atoms with Gasteiger partial charge in [0.25, 0.3) is 0 Å². The summed E-state index contributed by atoms with van der Waals surface area (Å²) in [6.07, 6.45) is 5.42. The van der Waals surface area contributed by atoms with Crippen LogP contribution < -0.4 is 10.0 Å². The normalized spacial score (nSPS) is 12.2. The molecule has 33 heavy (non-hydrogen) atoms. The number of hydrogen-bond donors (Lipinski definition) is 2. The number of fused-ring (bicyclic) bond motifs is 1. The Morgan fingerprint density at radius 1 is 0.879 bits per heavy atom. The van der Waals surface area contributed by atoms with Gasteiger partial charge in [-0.05, 0) is 35.8 Å². The van der Waals surface area contributed by atoms with Gasteiger partial charge < -0.3 is 5.32 Å². The number of sulfonamides is 1. The minimum atomic E-state index is -3.61. The molecule has 2 N–H and O–H groups in total. The number of pyridine rings is 1. The van der Waals surface area contributed by atoms with E-state index in [-0.39, 0.29) is 4.90 Å². The molecule has 6 heteroatoms.